The zero-order valence-corrected chi connectivity index (χ0v) is 8.41. The molecule has 1 aliphatic carbocycles. The average molecular weight is 162 g/mol. The van der Waals surface area contributed by atoms with E-state index in [9.17, 15) is 0 Å². The van der Waals surface area contributed by atoms with E-state index in [0.29, 0.717) is 0 Å². The third-order valence-electron chi connectivity index (χ3n) is 2.55. The standard InChI is InChI=1S/C12H18/c1-5-11-10(4)7-6-8-12(11)9(2)3/h7H,2,5-6,8H2,1,3-4H3. The maximum Gasteiger partial charge on any atom is -0.0239 e. The lowest BCUT2D eigenvalue weighted by Gasteiger charge is -2.19. The van der Waals surface area contributed by atoms with Crippen molar-refractivity contribution in [2.45, 2.75) is 40.0 Å². The molecule has 0 unspecified atom stereocenters. The average Bonchev–Trinajstić information content (AvgIpc) is 2.03. The van der Waals surface area contributed by atoms with Gasteiger partial charge < -0.3 is 0 Å². The van der Waals surface area contributed by atoms with Gasteiger partial charge >= 0.3 is 0 Å². The Morgan fingerprint density at radius 1 is 1.58 bits per heavy atom. The van der Waals surface area contributed by atoms with E-state index in [1.165, 1.54) is 35.1 Å². The van der Waals surface area contributed by atoms with Crippen molar-refractivity contribution in [3.63, 3.8) is 0 Å². The van der Waals surface area contributed by atoms with Crippen molar-refractivity contribution < 1.29 is 0 Å². The minimum Gasteiger partial charge on any atom is -0.0958 e. The van der Waals surface area contributed by atoms with E-state index >= 15 is 0 Å². The SMILES string of the molecule is C=C(C)C1=C(CC)C(C)=CCC1. The van der Waals surface area contributed by atoms with Gasteiger partial charge in [0.25, 0.3) is 0 Å². The molecular formula is C12H18. The summed E-state index contributed by atoms with van der Waals surface area (Å²) in [6.07, 6.45) is 5.86. The Bertz CT molecular complexity index is 251. The van der Waals surface area contributed by atoms with E-state index in [1.807, 2.05) is 0 Å². The minimum atomic E-state index is 1.14. The Labute approximate surface area is 75.7 Å². The summed E-state index contributed by atoms with van der Waals surface area (Å²) < 4.78 is 0. The molecule has 0 nitrogen and oxygen atoms in total. The van der Waals surface area contributed by atoms with Gasteiger partial charge in [0.05, 0.1) is 0 Å². The predicted octanol–water partition coefficient (Wildman–Crippen LogP) is 4.01. The second-order valence-electron chi connectivity index (χ2n) is 3.52. The van der Waals surface area contributed by atoms with Crippen LogP contribution < -0.4 is 0 Å². The summed E-state index contributed by atoms with van der Waals surface area (Å²) in [7, 11) is 0. The van der Waals surface area contributed by atoms with Crippen molar-refractivity contribution in [1.29, 1.82) is 0 Å². The van der Waals surface area contributed by atoms with Gasteiger partial charge in [-0.15, -0.1) is 0 Å². The van der Waals surface area contributed by atoms with Gasteiger partial charge in [-0.3, -0.25) is 0 Å². The summed E-state index contributed by atoms with van der Waals surface area (Å²) in [6.45, 7) is 10.6. The quantitative estimate of drug-likeness (QED) is 0.575. The maximum atomic E-state index is 4.03. The zero-order valence-electron chi connectivity index (χ0n) is 8.41. The number of hydrogen-bond donors (Lipinski definition) is 0. The molecule has 0 N–H and O–H groups in total. The fourth-order valence-electron chi connectivity index (χ4n) is 1.91. The van der Waals surface area contributed by atoms with E-state index in [1.54, 1.807) is 0 Å². The maximum absolute atomic E-state index is 4.03. The smallest absolute Gasteiger partial charge is 0.0239 e. The number of rotatable bonds is 2. The van der Waals surface area contributed by atoms with Gasteiger partial charge in [0.15, 0.2) is 0 Å². The molecule has 0 saturated carbocycles. The van der Waals surface area contributed by atoms with Gasteiger partial charge in [0.1, 0.15) is 0 Å². The molecule has 0 spiro atoms. The molecule has 0 radical (unpaired) electrons. The topological polar surface area (TPSA) is 0 Å². The van der Waals surface area contributed by atoms with Gasteiger partial charge in [0.2, 0.25) is 0 Å². The predicted molar refractivity (Wildman–Crippen MR) is 55.1 cm³/mol. The molecule has 0 aliphatic heterocycles. The van der Waals surface area contributed by atoms with Crippen LogP contribution in [0.1, 0.15) is 40.0 Å². The fourth-order valence-corrected chi connectivity index (χ4v) is 1.91. The van der Waals surface area contributed by atoms with Crippen LogP contribution in [0, 0.1) is 0 Å². The second-order valence-corrected chi connectivity index (χ2v) is 3.52. The molecule has 0 bridgehead atoms. The summed E-state index contributed by atoms with van der Waals surface area (Å²) in [5, 5.41) is 0. The van der Waals surface area contributed by atoms with Crippen LogP contribution in [0.4, 0.5) is 0 Å². The van der Waals surface area contributed by atoms with Gasteiger partial charge in [-0.1, -0.05) is 30.7 Å². The molecule has 0 aromatic carbocycles. The summed E-state index contributed by atoms with van der Waals surface area (Å²) in [5.74, 6) is 0. The van der Waals surface area contributed by atoms with E-state index in [-0.39, 0.29) is 0 Å². The molecule has 1 rings (SSSR count). The van der Waals surface area contributed by atoms with E-state index in [0.717, 1.165) is 6.42 Å². The van der Waals surface area contributed by atoms with Crippen molar-refractivity contribution in [3.8, 4) is 0 Å². The van der Waals surface area contributed by atoms with Crippen LogP contribution in [0.2, 0.25) is 0 Å². The number of hydrogen-bond acceptors (Lipinski definition) is 0. The van der Waals surface area contributed by atoms with Crippen LogP contribution in [-0.4, -0.2) is 0 Å². The molecule has 0 amide bonds. The highest BCUT2D eigenvalue weighted by Crippen LogP contribution is 2.30. The second kappa shape index (κ2) is 3.75. The Balaban J connectivity index is 3.04. The first kappa shape index (κ1) is 9.31. The lowest BCUT2D eigenvalue weighted by Crippen LogP contribution is -1.99. The Morgan fingerprint density at radius 3 is 2.67 bits per heavy atom. The summed E-state index contributed by atoms with van der Waals surface area (Å²) >= 11 is 0. The van der Waals surface area contributed by atoms with Crippen molar-refractivity contribution in [2.24, 2.45) is 0 Å². The molecule has 66 valence electrons. The Kier molecular flexibility index (Phi) is 2.91. The first-order valence-corrected chi connectivity index (χ1v) is 4.71. The van der Waals surface area contributed by atoms with E-state index < -0.39 is 0 Å². The van der Waals surface area contributed by atoms with Gasteiger partial charge in [-0.25, -0.2) is 0 Å². The minimum absolute atomic E-state index is 1.14. The van der Waals surface area contributed by atoms with Gasteiger partial charge in [-0.2, -0.15) is 0 Å². The largest absolute Gasteiger partial charge is 0.0958 e. The fraction of sp³-hybridized carbons (Fsp3) is 0.500. The lowest BCUT2D eigenvalue weighted by molar-refractivity contribution is 0.896. The lowest BCUT2D eigenvalue weighted by atomic mass is 9.87. The van der Waals surface area contributed by atoms with Crippen molar-refractivity contribution >= 4 is 0 Å². The van der Waals surface area contributed by atoms with Crippen LogP contribution in [0.15, 0.2) is 34.9 Å². The van der Waals surface area contributed by atoms with E-state index in [2.05, 4.69) is 33.4 Å². The molecule has 1 aliphatic rings. The summed E-state index contributed by atoms with van der Waals surface area (Å²) in [5.41, 5.74) is 5.73. The first-order valence-electron chi connectivity index (χ1n) is 4.71. The Hall–Kier alpha value is -0.780. The highest BCUT2D eigenvalue weighted by atomic mass is 14.2. The normalized spacial score (nSPS) is 17.8. The van der Waals surface area contributed by atoms with Crippen molar-refractivity contribution in [1.82, 2.24) is 0 Å². The molecule has 0 fully saturated rings. The molecule has 0 saturated heterocycles. The van der Waals surface area contributed by atoms with Crippen molar-refractivity contribution in [3.05, 3.63) is 34.9 Å². The highest BCUT2D eigenvalue weighted by molar-refractivity contribution is 5.44. The van der Waals surface area contributed by atoms with Crippen LogP contribution in [0.5, 0.6) is 0 Å². The van der Waals surface area contributed by atoms with Crippen LogP contribution >= 0.6 is 0 Å². The van der Waals surface area contributed by atoms with Crippen LogP contribution in [0.25, 0.3) is 0 Å². The zero-order chi connectivity index (χ0) is 9.14. The summed E-state index contributed by atoms with van der Waals surface area (Å²) in [4.78, 5) is 0. The highest BCUT2D eigenvalue weighted by Gasteiger charge is 2.11. The van der Waals surface area contributed by atoms with Crippen molar-refractivity contribution in [2.75, 3.05) is 0 Å². The monoisotopic (exact) mass is 162 g/mol. The third kappa shape index (κ3) is 1.69. The van der Waals surface area contributed by atoms with Crippen LogP contribution in [0.3, 0.4) is 0 Å². The molecular weight excluding hydrogens is 144 g/mol. The molecule has 0 atom stereocenters. The molecule has 0 aromatic rings. The third-order valence-corrected chi connectivity index (χ3v) is 2.55. The molecule has 0 aromatic heterocycles. The first-order chi connectivity index (χ1) is 5.66. The summed E-state index contributed by atoms with van der Waals surface area (Å²) in [6, 6.07) is 0. The molecule has 0 heterocycles. The Morgan fingerprint density at radius 2 is 2.25 bits per heavy atom. The van der Waals surface area contributed by atoms with Gasteiger partial charge in [-0.05, 0) is 44.3 Å². The van der Waals surface area contributed by atoms with Gasteiger partial charge in [0, 0.05) is 0 Å². The molecule has 0 heteroatoms. The van der Waals surface area contributed by atoms with Crippen LogP contribution in [-0.2, 0) is 0 Å². The van der Waals surface area contributed by atoms with E-state index in [4.69, 9.17) is 0 Å². The number of allylic oxidation sites excluding steroid dienone is 5. The molecule has 12 heavy (non-hydrogen) atoms.